The molecule has 0 aromatic heterocycles. The Hall–Kier alpha value is -3.09. The number of hydrogen-bond acceptors (Lipinski definition) is 4. The third-order valence-corrected chi connectivity index (χ3v) is 3.95. The molecule has 5 nitrogen and oxygen atoms in total. The van der Waals surface area contributed by atoms with Gasteiger partial charge in [0.25, 0.3) is 5.91 Å². The molecular formula is C20H15ClN4OS. The normalized spacial score (nSPS) is 10.6. The molecule has 7 heteroatoms. The van der Waals surface area contributed by atoms with Crippen LogP contribution in [0.1, 0.15) is 10.4 Å². The summed E-state index contributed by atoms with van der Waals surface area (Å²) in [5.74, 6) is -0.308. The summed E-state index contributed by atoms with van der Waals surface area (Å²) in [5.41, 5.74) is 2.70. The van der Waals surface area contributed by atoms with E-state index in [0.29, 0.717) is 16.3 Å². The van der Waals surface area contributed by atoms with Crippen molar-refractivity contribution in [3.8, 4) is 0 Å². The lowest BCUT2D eigenvalue weighted by atomic mass is 10.2. The molecule has 134 valence electrons. The second-order valence-corrected chi connectivity index (χ2v) is 6.34. The number of azo groups is 1. The minimum Gasteiger partial charge on any atom is -0.332 e. The van der Waals surface area contributed by atoms with Gasteiger partial charge in [-0.1, -0.05) is 29.8 Å². The average Bonchev–Trinajstić information content (AvgIpc) is 2.68. The van der Waals surface area contributed by atoms with Crippen LogP contribution in [0.25, 0.3) is 0 Å². The molecule has 3 rings (SSSR count). The minimum absolute atomic E-state index is 0.202. The zero-order chi connectivity index (χ0) is 19.1. The number of hydrogen-bond donors (Lipinski definition) is 2. The standard InChI is InChI=1S/C20H15ClN4OS/c21-15-8-6-14(7-9-15)19(26)23-20(27)22-16-10-12-18(13-11-16)25-24-17-4-2-1-3-5-17/h1-13H,(H2,22,23,26,27). The van der Waals surface area contributed by atoms with Gasteiger partial charge in [-0.05, 0) is 72.9 Å². The topological polar surface area (TPSA) is 65.8 Å². The van der Waals surface area contributed by atoms with Crippen LogP contribution in [0.5, 0.6) is 0 Å². The van der Waals surface area contributed by atoms with Gasteiger partial charge in [-0.2, -0.15) is 10.2 Å². The third kappa shape index (κ3) is 5.70. The first kappa shape index (κ1) is 18.7. The molecule has 0 spiro atoms. The first-order chi connectivity index (χ1) is 13.1. The minimum atomic E-state index is -0.308. The first-order valence-corrected chi connectivity index (χ1v) is 8.83. The Bertz CT molecular complexity index is 958. The molecule has 27 heavy (non-hydrogen) atoms. The van der Waals surface area contributed by atoms with Crippen LogP contribution in [0.3, 0.4) is 0 Å². The summed E-state index contributed by atoms with van der Waals surface area (Å²) < 4.78 is 0. The zero-order valence-corrected chi connectivity index (χ0v) is 15.7. The lowest BCUT2D eigenvalue weighted by Crippen LogP contribution is -2.34. The monoisotopic (exact) mass is 394 g/mol. The molecule has 2 N–H and O–H groups in total. The van der Waals surface area contributed by atoms with E-state index in [1.807, 2.05) is 30.3 Å². The summed E-state index contributed by atoms with van der Waals surface area (Å²) >= 11 is 11.0. The van der Waals surface area contributed by atoms with Crippen molar-refractivity contribution in [3.63, 3.8) is 0 Å². The van der Waals surface area contributed by atoms with E-state index in [9.17, 15) is 4.79 Å². The highest BCUT2D eigenvalue weighted by Gasteiger charge is 2.07. The third-order valence-electron chi connectivity index (χ3n) is 3.50. The Kier molecular flexibility index (Phi) is 6.25. The lowest BCUT2D eigenvalue weighted by Gasteiger charge is -2.09. The summed E-state index contributed by atoms with van der Waals surface area (Å²) in [7, 11) is 0. The van der Waals surface area contributed by atoms with Crippen LogP contribution in [0.4, 0.5) is 17.1 Å². The van der Waals surface area contributed by atoms with E-state index < -0.39 is 0 Å². The Labute approximate surface area is 167 Å². The van der Waals surface area contributed by atoms with Crippen molar-refractivity contribution in [1.82, 2.24) is 5.32 Å². The molecule has 0 saturated carbocycles. The van der Waals surface area contributed by atoms with E-state index in [4.69, 9.17) is 23.8 Å². The number of halogens is 1. The van der Waals surface area contributed by atoms with E-state index in [0.717, 1.165) is 11.4 Å². The van der Waals surface area contributed by atoms with Crippen molar-refractivity contribution in [2.24, 2.45) is 10.2 Å². The Morgan fingerprint density at radius 1 is 0.815 bits per heavy atom. The van der Waals surface area contributed by atoms with Gasteiger partial charge in [-0.15, -0.1) is 0 Å². The van der Waals surface area contributed by atoms with Gasteiger partial charge in [0.2, 0.25) is 0 Å². The van der Waals surface area contributed by atoms with Gasteiger partial charge >= 0.3 is 0 Å². The summed E-state index contributed by atoms with van der Waals surface area (Å²) in [4.78, 5) is 12.1. The van der Waals surface area contributed by atoms with Gasteiger partial charge < -0.3 is 5.32 Å². The van der Waals surface area contributed by atoms with Gasteiger partial charge in [-0.3, -0.25) is 10.1 Å². The fourth-order valence-electron chi connectivity index (χ4n) is 2.16. The number of anilines is 1. The zero-order valence-electron chi connectivity index (χ0n) is 14.1. The largest absolute Gasteiger partial charge is 0.332 e. The number of amides is 1. The molecule has 0 saturated heterocycles. The van der Waals surface area contributed by atoms with Crippen molar-refractivity contribution in [2.75, 3.05) is 5.32 Å². The van der Waals surface area contributed by atoms with Crippen LogP contribution < -0.4 is 10.6 Å². The van der Waals surface area contributed by atoms with Crippen LogP contribution >= 0.6 is 23.8 Å². The van der Waals surface area contributed by atoms with Crippen molar-refractivity contribution >= 4 is 51.9 Å². The maximum Gasteiger partial charge on any atom is 0.257 e. The molecule has 0 atom stereocenters. The highest BCUT2D eigenvalue weighted by Crippen LogP contribution is 2.20. The molecule has 1 amide bonds. The predicted molar refractivity (Wildman–Crippen MR) is 112 cm³/mol. The van der Waals surface area contributed by atoms with Crippen molar-refractivity contribution in [2.45, 2.75) is 0 Å². The summed E-state index contributed by atoms with van der Waals surface area (Å²) in [6, 6.07) is 23.3. The van der Waals surface area contributed by atoms with E-state index in [-0.39, 0.29) is 11.0 Å². The van der Waals surface area contributed by atoms with Gasteiger partial charge in [0, 0.05) is 16.3 Å². The maximum absolute atomic E-state index is 12.1. The summed E-state index contributed by atoms with van der Waals surface area (Å²) in [6.45, 7) is 0. The molecule has 3 aromatic carbocycles. The van der Waals surface area contributed by atoms with Gasteiger partial charge in [0.1, 0.15) is 0 Å². The summed E-state index contributed by atoms with van der Waals surface area (Å²) in [5, 5.41) is 14.7. The van der Waals surface area contributed by atoms with Crippen LogP contribution in [0.2, 0.25) is 5.02 Å². The van der Waals surface area contributed by atoms with Crippen molar-refractivity contribution in [1.29, 1.82) is 0 Å². The van der Waals surface area contributed by atoms with E-state index in [1.165, 1.54) is 0 Å². The quantitative estimate of drug-likeness (QED) is 0.428. The van der Waals surface area contributed by atoms with E-state index >= 15 is 0 Å². The fourth-order valence-corrected chi connectivity index (χ4v) is 2.50. The van der Waals surface area contributed by atoms with Crippen LogP contribution in [-0.4, -0.2) is 11.0 Å². The molecule has 0 unspecified atom stereocenters. The number of carbonyl (C=O) groups is 1. The molecule has 0 aliphatic rings. The number of benzene rings is 3. The molecule has 0 bridgehead atoms. The second-order valence-electron chi connectivity index (χ2n) is 5.50. The number of thiocarbonyl (C=S) groups is 1. The Morgan fingerprint density at radius 3 is 2.04 bits per heavy atom. The molecule has 0 radical (unpaired) electrons. The molecule has 3 aromatic rings. The Balaban J connectivity index is 1.56. The van der Waals surface area contributed by atoms with E-state index in [1.54, 1.807) is 48.5 Å². The van der Waals surface area contributed by atoms with Gasteiger partial charge in [0.15, 0.2) is 5.11 Å². The maximum atomic E-state index is 12.1. The molecule has 0 aliphatic carbocycles. The average molecular weight is 395 g/mol. The highest BCUT2D eigenvalue weighted by molar-refractivity contribution is 7.80. The molecule has 0 aliphatic heterocycles. The van der Waals surface area contributed by atoms with E-state index in [2.05, 4.69) is 20.9 Å². The number of nitrogens with zero attached hydrogens (tertiary/aromatic N) is 2. The van der Waals surface area contributed by atoms with Gasteiger partial charge in [0.05, 0.1) is 11.4 Å². The molecular weight excluding hydrogens is 380 g/mol. The highest BCUT2D eigenvalue weighted by atomic mass is 35.5. The van der Waals surface area contributed by atoms with Crippen LogP contribution in [-0.2, 0) is 0 Å². The first-order valence-electron chi connectivity index (χ1n) is 8.05. The lowest BCUT2D eigenvalue weighted by molar-refractivity contribution is 0.0978. The SMILES string of the molecule is O=C(NC(=S)Nc1ccc(N=Nc2ccccc2)cc1)c1ccc(Cl)cc1. The summed E-state index contributed by atoms with van der Waals surface area (Å²) in [6.07, 6.45) is 0. The second kappa shape index (κ2) is 9.02. The predicted octanol–water partition coefficient (Wildman–Crippen LogP) is 5.88. The number of rotatable bonds is 4. The van der Waals surface area contributed by atoms with Crippen molar-refractivity contribution < 1.29 is 4.79 Å². The van der Waals surface area contributed by atoms with Gasteiger partial charge in [-0.25, -0.2) is 0 Å². The molecule has 0 heterocycles. The fraction of sp³-hybridized carbons (Fsp3) is 0. The Morgan fingerprint density at radius 2 is 1.41 bits per heavy atom. The smallest absolute Gasteiger partial charge is 0.257 e. The van der Waals surface area contributed by atoms with Crippen molar-refractivity contribution in [3.05, 3.63) is 89.4 Å². The number of carbonyl (C=O) groups excluding carboxylic acids is 1. The number of nitrogens with one attached hydrogen (secondary N) is 2. The van der Waals surface area contributed by atoms with Crippen LogP contribution in [0, 0.1) is 0 Å². The molecule has 0 fully saturated rings. The van der Waals surface area contributed by atoms with Crippen LogP contribution in [0.15, 0.2) is 89.1 Å².